The Morgan fingerprint density at radius 3 is 2.33 bits per heavy atom. The number of hydrogen-bond donors (Lipinski definition) is 1. The zero-order valence-electron chi connectivity index (χ0n) is 17.6. The smallest absolute Gasteiger partial charge is 0.300 e. The highest BCUT2D eigenvalue weighted by Gasteiger charge is 2.47. The van der Waals surface area contributed by atoms with E-state index in [0.717, 1.165) is 5.56 Å². The number of aliphatic hydroxyl groups excluding tert-OH is 1. The number of anilines is 1. The van der Waals surface area contributed by atoms with Gasteiger partial charge in [-0.05, 0) is 76.4 Å². The molecule has 0 saturated carbocycles. The van der Waals surface area contributed by atoms with Gasteiger partial charge < -0.3 is 9.84 Å². The Labute approximate surface area is 209 Å². The fraction of sp³-hybridized carbons (Fsp3) is 0.120. The predicted molar refractivity (Wildman–Crippen MR) is 133 cm³/mol. The van der Waals surface area contributed by atoms with Gasteiger partial charge in [0.1, 0.15) is 11.5 Å². The van der Waals surface area contributed by atoms with Crippen LogP contribution in [0.4, 0.5) is 5.69 Å². The molecule has 0 aliphatic carbocycles. The molecule has 0 spiro atoms. The second kappa shape index (κ2) is 9.21. The van der Waals surface area contributed by atoms with E-state index in [1.807, 2.05) is 6.92 Å². The van der Waals surface area contributed by atoms with Crippen molar-refractivity contribution >= 4 is 62.3 Å². The molecule has 0 radical (unpaired) electrons. The van der Waals surface area contributed by atoms with Gasteiger partial charge in [-0.15, -0.1) is 0 Å². The third-order valence-corrected chi connectivity index (χ3v) is 6.77. The van der Waals surface area contributed by atoms with Crippen molar-refractivity contribution in [1.29, 1.82) is 0 Å². The fourth-order valence-electron chi connectivity index (χ4n) is 3.76. The summed E-state index contributed by atoms with van der Waals surface area (Å²) >= 11 is 15.8. The largest absolute Gasteiger partial charge is 0.507 e. The molecule has 4 rings (SSSR count). The summed E-state index contributed by atoms with van der Waals surface area (Å²) in [6.45, 7) is 1.85. The van der Waals surface area contributed by atoms with Gasteiger partial charge in [-0.2, -0.15) is 0 Å². The van der Waals surface area contributed by atoms with E-state index in [4.69, 9.17) is 27.9 Å². The molecule has 0 aromatic heterocycles. The Hall–Kier alpha value is -2.80. The van der Waals surface area contributed by atoms with E-state index in [-0.39, 0.29) is 11.3 Å². The minimum absolute atomic E-state index is 0.0314. The van der Waals surface area contributed by atoms with E-state index in [1.165, 1.54) is 12.0 Å². The zero-order chi connectivity index (χ0) is 23.9. The normalized spacial score (nSPS) is 17.5. The summed E-state index contributed by atoms with van der Waals surface area (Å²) in [7, 11) is 1.53. The molecule has 1 atom stereocenters. The van der Waals surface area contributed by atoms with Gasteiger partial charge in [-0.1, -0.05) is 41.4 Å². The van der Waals surface area contributed by atoms with Gasteiger partial charge >= 0.3 is 0 Å². The first-order valence-corrected chi connectivity index (χ1v) is 11.4. The number of carbonyl (C=O) groups is 2. The van der Waals surface area contributed by atoms with Gasteiger partial charge in [0, 0.05) is 21.3 Å². The maximum atomic E-state index is 13.2. The zero-order valence-corrected chi connectivity index (χ0v) is 20.7. The molecule has 1 heterocycles. The Bertz CT molecular complexity index is 1300. The molecular formula is C25H18BrCl2NO4. The molecule has 1 amide bonds. The summed E-state index contributed by atoms with van der Waals surface area (Å²) in [6.07, 6.45) is 0. The second-order valence-electron chi connectivity index (χ2n) is 7.50. The van der Waals surface area contributed by atoms with Gasteiger partial charge in [0.2, 0.25) is 0 Å². The lowest BCUT2D eigenvalue weighted by molar-refractivity contribution is -0.132. The number of Topliss-reactive ketones (excluding diaryl/α,β-unsaturated/α-hetero) is 1. The van der Waals surface area contributed by atoms with Crippen molar-refractivity contribution in [2.24, 2.45) is 0 Å². The van der Waals surface area contributed by atoms with E-state index in [2.05, 4.69) is 15.9 Å². The number of rotatable bonds is 4. The average molecular weight is 547 g/mol. The van der Waals surface area contributed by atoms with Crippen LogP contribution in [-0.4, -0.2) is 23.9 Å². The summed E-state index contributed by atoms with van der Waals surface area (Å²) in [6, 6.07) is 15.9. The molecule has 1 fully saturated rings. The number of ketones is 1. The van der Waals surface area contributed by atoms with Crippen LogP contribution in [0.1, 0.15) is 22.7 Å². The monoisotopic (exact) mass is 545 g/mol. The van der Waals surface area contributed by atoms with E-state index >= 15 is 0 Å². The predicted octanol–water partition coefficient (Wildman–Crippen LogP) is 6.70. The van der Waals surface area contributed by atoms with Crippen LogP contribution in [-0.2, 0) is 9.59 Å². The quantitative estimate of drug-likeness (QED) is 0.224. The second-order valence-corrected chi connectivity index (χ2v) is 9.20. The third kappa shape index (κ3) is 4.26. The summed E-state index contributed by atoms with van der Waals surface area (Å²) < 4.78 is 5.84. The van der Waals surface area contributed by atoms with Crippen molar-refractivity contribution in [2.45, 2.75) is 13.0 Å². The third-order valence-electron chi connectivity index (χ3n) is 5.49. The van der Waals surface area contributed by atoms with Crippen molar-refractivity contribution in [3.63, 3.8) is 0 Å². The number of amides is 1. The van der Waals surface area contributed by atoms with Crippen LogP contribution in [0.5, 0.6) is 5.75 Å². The minimum atomic E-state index is -0.873. The summed E-state index contributed by atoms with van der Waals surface area (Å²) in [5.41, 5.74) is 2.23. The Morgan fingerprint density at radius 1 is 1.03 bits per heavy atom. The van der Waals surface area contributed by atoms with Crippen LogP contribution in [0.3, 0.4) is 0 Å². The van der Waals surface area contributed by atoms with Crippen LogP contribution < -0.4 is 9.64 Å². The summed E-state index contributed by atoms with van der Waals surface area (Å²) in [4.78, 5) is 27.8. The van der Waals surface area contributed by atoms with E-state index in [0.29, 0.717) is 37.1 Å². The van der Waals surface area contributed by atoms with Gasteiger partial charge in [-0.3, -0.25) is 14.5 Å². The molecule has 1 saturated heterocycles. The lowest BCUT2D eigenvalue weighted by Crippen LogP contribution is -2.29. The first-order chi connectivity index (χ1) is 15.7. The van der Waals surface area contributed by atoms with Gasteiger partial charge in [0.05, 0.1) is 23.2 Å². The molecule has 1 unspecified atom stereocenters. The molecular weight excluding hydrogens is 529 g/mol. The highest BCUT2D eigenvalue weighted by atomic mass is 79.9. The van der Waals surface area contributed by atoms with Crippen molar-refractivity contribution < 1.29 is 19.4 Å². The number of carbonyl (C=O) groups excluding carboxylic acids is 2. The van der Waals surface area contributed by atoms with Gasteiger partial charge in [0.15, 0.2) is 0 Å². The SMILES string of the molecule is COc1ccc(/C(O)=C2\C(=O)C(=O)N(c3ccc(C)c(Cl)c3)C2c2ccc(Cl)cc2)cc1Br. The maximum absolute atomic E-state index is 13.2. The number of aliphatic hydroxyl groups is 1. The van der Waals surface area contributed by atoms with Gasteiger partial charge in [-0.25, -0.2) is 0 Å². The highest BCUT2D eigenvalue weighted by Crippen LogP contribution is 2.43. The van der Waals surface area contributed by atoms with Crippen molar-refractivity contribution in [3.05, 3.63) is 97.4 Å². The lowest BCUT2D eigenvalue weighted by Gasteiger charge is -2.26. The summed E-state index contributed by atoms with van der Waals surface area (Å²) in [5.74, 6) is -1.28. The number of benzene rings is 3. The van der Waals surface area contributed by atoms with E-state index in [1.54, 1.807) is 60.7 Å². The molecule has 1 N–H and O–H groups in total. The number of methoxy groups -OCH3 is 1. The molecule has 5 nitrogen and oxygen atoms in total. The number of aryl methyl sites for hydroxylation is 1. The van der Waals surface area contributed by atoms with Crippen LogP contribution in [0.15, 0.2) is 70.7 Å². The number of hydrogen-bond acceptors (Lipinski definition) is 4. The topological polar surface area (TPSA) is 66.8 Å². The maximum Gasteiger partial charge on any atom is 0.300 e. The Morgan fingerprint density at radius 2 is 1.73 bits per heavy atom. The van der Waals surface area contributed by atoms with E-state index in [9.17, 15) is 14.7 Å². The Balaban J connectivity index is 1.94. The van der Waals surface area contributed by atoms with Crippen molar-refractivity contribution in [3.8, 4) is 5.75 Å². The van der Waals surface area contributed by atoms with Crippen molar-refractivity contribution in [2.75, 3.05) is 12.0 Å². The number of ether oxygens (including phenoxy) is 1. The molecule has 3 aromatic carbocycles. The molecule has 168 valence electrons. The van der Waals surface area contributed by atoms with Crippen molar-refractivity contribution in [1.82, 2.24) is 0 Å². The lowest BCUT2D eigenvalue weighted by atomic mass is 9.95. The van der Waals surface area contributed by atoms with Crippen LogP contribution in [0.25, 0.3) is 5.76 Å². The highest BCUT2D eigenvalue weighted by molar-refractivity contribution is 9.10. The van der Waals surface area contributed by atoms with E-state index < -0.39 is 17.7 Å². The van der Waals surface area contributed by atoms with Crippen LogP contribution in [0, 0.1) is 6.92 Å². The Kier molecular flexibility index (Phi) is 6.52. The minimum Gasteiger partial charge on any atom is -0.507 e. The summed E-state index contributed by atoms with van der Waals surface area (Å²) in [5, 5.41) is 12.2. The molecule has 33 heavy (non-hydrogen) atoms. The van der Waals surface area contributed by atoms with Crippen LogP contribution >= 0.6 is 39.1 Å². The van der Waals surface area contributed by atoms with Gasteiger partial charge in [0.25, 0.3) is 11.7 Å². The molecule has 8 heteroatoms. The first-order valence-electron chi connectivity index (χ1n) is 9.89. The molecule has 1 aliphatic heterocycles. The molecule has 0 bridgehead atoms. The molecule has 3 aromatic rings. The first kappa shape index (κ1) is 23.4. The standard InChI is InChI=1S/C25H18BrCl2NO4/c1-13-3-9-17(12-19(13)28)29-22(14-4-7-16(27)8-5-14)21(24(31)25(29)32)23(30)15-6-10-20(33-2)18(26)11-15/h3-12,22,30H,1-2H3/b23-21+. The number of nitrogens with zero attached hydrogens (tertiary/aromatic N) is 1. The average Bonchev–Trinajstić information content (AvgIpc) is 3.06. The van der Waals surface area contributed by atoms with Crippen LogP contribution in [0.2, 0.25) is 10.0 Å². The fourth-order valence-corrected chi connectivity index (χ4v) is 4.60. The molecule has 1 aliphatic rings. The number of halogens is 3.